The van der Waals surface area contributed by atoms with Gasteiger partial charge in [-0.05, 0) is 64.8 Å². The lowest BCUT2D eigenvalue weighted by atomic mass is 10.1. The molecule has 0 atom stereocenters. The largest absolute Gasteiger partial charge is 0.488 e. The van der Waals surface area contributed by atoms with E-state index in [2.05, 4.69) is 27.3 Å². The van der Waals surface area contributed by atoms with Crippen LogP contribution in [0.3, 0.4) is 0 Å². The summed E-state index contributed by atoms with van der Waals surface area (Å²) in [6, 6.07) is 20.4. The molecular weight excluding hydrogens is 498 g/mol. The Morgan fingerprint density at radius 3 is 2.50 bits per heavy atom. The molecule has 168 valence electrons. The predicted octanol–water partition coefficient (Wildman–Crippen LogP) is 4.87. The molecule has 1 aliphatic rings. The molecule has 1 saturated heterocycles. The zero-order chi connectivity index (χ0) is 24.2. The third-order valence-corrected chi connectivity index (χ3v) is 5.80. The Balaban J connectivity index is 1.56. The van der Waals surface area contributed by atoms with E-state index >= 15 is 0 Å². The Morgan fingerprint density at radius 2 is 1.79 bits per heavy atom. The number of urea groups is 1. The van der Waals surface area contributed by atoms with Gasteiger partial charge in [0.25, 0.3) is 11.8 Å². The maximum absolute atomic E-state index is 13.0. The average Bonchev–Trinajstić information content (AvgIpc) is 2.82. The van der Waals surface area contributed by atoms with Gasteiger partial charge in [0.2, 0.25) is 0 Å². The van der Waals surface area contributed by atoms with E-state index < -0.39 is 17.8 Å². The SMILES string of the molecule is Cc1ccc(N2C(=O)NC(=O)C(=Cc3ccc(OCc4ccccc4C#N)c(Br)c3)C2=O)cc1. The molecule has 1 fully saturated rings. The van der Waals surface area contributed by atoms with Crippen LogP contribution in [0.25, 0.3) is 6.08 Å². The minimum absolute atomic E-state index is 0.163. The first-order valence-electron chi connectivity index (χ1n) is 10.3. The quantitative estimate of drug-likeness (QED) is 0.385. The van der Waals surface area contributed by atoms with E-state index in [4.69, 9.17) is 4.74 Å². The number of carbonyl (C=O) groups excluding carboxylic acids is 3. The predicted molar refractivity (Wildman–Crippen MR) is 130 cm³/mol. The molecule has 0 aromatic heterocycles. The number of ether oxygens (including phenoxy) is 1. The summed E-state index contributed by atoms with van der Waals surface area (Å²) in [6.45, 7) is 2.10. The number of benzene rings is 3. The van der Waals surface area contributed by atoms with Crippen LogP contribution in [-0.2, 0) is 16.2 Å². The maximum atomic E-state index is 13.0. The van der Waals surface area contributed by atoms with Crippen LogP contribution in [0.2, 0.25) is 0 Å². The van der Waals surface area contributed by atoms with Gasteiger partial charge in [0.05, 0.1) is 21.8 Å². The van der Waals surface area contributed by atoms with E-state index in [1.54, 1.807) is 54.6 Å². The lowest BCUT2D eigenvalue weighted by molar-refractivity contribution is -0.122. The summed E-state index contributed by atoms with van der Waals surface area (Å²) >= 11 is 3.45. The number of aryl methyl sites for hydroxylation is 1. The van der Waals surface area contributed by atoms with Crippen molar-refractivity contribution in [2.75, 3.05) is 4.90 Å². The van der Waals surface area contributed by atoms with Crippen LogP contribution in [-0.4, -0.2) is 17.8 Å². The van der Waals surface area contributed by atoms with Crippen molar-refractivity contribution in [2.24, 2.45) is 0 Å². The second-order valence-electron chi connectivity index (χ2n) is 7.54. The van der Waals surface area contributed by atoms with Crippen molar-refractivity contribution in [3.8, 4) is 11.8 Å². The zero-order valence-corrected chi connectivity index (χ0v) is 19.6. The fraction of sp³-hybridized carbons (Fsp3) is 0.0769. The maximum Gasteiger partial charge on any atom is 0.335 e. The van der Waals surface area contributed by atoms with Crippen molar-refractivity contribution in [1.29, 1.82) is 5.26 Å². The highest BCUT2D eigenvalue weighted by Gasteiger charge is 2.36. The molecule has 0 unspecified atom stereocenters. The first-order chi connectivity index (χ1) is 16.4. The van der Waals surface area contributed by atoms with E-state index in [1.807, 2.05) is 19.1 Å². The molecule has 3 aromatic carbocycles. The van der Waals surface area contributed by atoms with Crippen molar-refractivity contribution in [2.45, 2.75) is 13.5 Å². The molecule has 8 heteroatoms. The van der Waals surface area contributed by atoms with Gasteiger partial charge in [-0.15, -0.1) is 0 Å². The monoisotopic (exact) mass is 515 g/mol. The van der Waals surface area contributed by atoms with Gasteiger partial charge in [0.15, 0.2) is 0 Å². The lowest BCUT2D eigenvalue weighted by Gasteiger charge is -2.26. The number of nitrogens with zero attached hydrogens (tertiary/aromatic N) is 2. The first kappa shape index (κ1) is 23.0. The minimum Gasteiger partial charge on any atom is -0.488 e. The van der Waals surface area contributed by atoms with Gasteiger partial charge in [0.1, 0.15) is 17.9 Å². The van der Waals surface area contributed by atoms with Crippen LogP contribution in [0.15, 0.2) is 76.8 Å². The Labute approximate surface area is 204 Å². The Hall–Kier alpha value is -4.22. The second-order valence-corrected chi connectivity index (χ2v) is 8.40. The van der Waals surface area contributed by atoms with E-state index in [0.29, 0.717) is 27.0 Å². The fourth-order valence-corrected chi connectivity index (χ4v) is 3.90. The molecule has 1 heterocycles. The standard InChI is InChI=1S/C26H18BrN3O4/c1-16-6-9-20(10-7-16)30-25(32)21(24(31)29-26(30)33)12-17-8-11-23(22(27)13-17)34-15-19-5-3-2-4-18(19)14-28/h2-13H,15H2,1H3,(H,29,31,33). The average molecular weight is 516 g/mol. The van der Waals surface area contributed by atoms with Gasteiger partial charge in [-0.3, -0.25) is 14.9 Å². The highest BCUT2D eigenvalue weighted by Crippen LogP contribution is 2.29. The van der Waals surface area contributed by atoms with Crippen molar-refractivity contribution in [3.63, 3.8) is 0 Å². The van der Waals surface area contributed by atoms with Crippen LogP contribution >= 0.6 is 15.9 Å². The normalized spacial score (nSPS) is 14.7. The summed E-state index contributed by atoms with van der Waals surface area (Å²) in [5.41, 5.74) is 3.04. The molecule has 0 aliphatic carbocycles. The Kier molecular flexibility index (Phi) is 6.57. The Bertz CT molecular complexity index is 1370. The molecule has 3 aromatic rings. The summed E-state index contributed by atoms with van der Waals surface area (Å²) in [7, 11) is 0. The molecule has 34 heavy (non-hydrogen) atoms. The van der Waals surface area contributed by atoms with E-state index in [0.717, 1.165) is 16.0 Å². The third-order valence-electron chi connectivity index (χ3n) is 5.18. The van der Waals surface area contributed by atoms with E-state index in [-0.39, 0.29) is 12.2 Å². The topological polar surface area (TPSA) is 99.5 Å². The van der Waals surface area contributed by atoms with Gasteiger partial charge in [-0.1, -0.05) is 42.0 Å². The Morgan fingerprint density at radius 1 is 1.06 bits per heavy atom. The minimum atomic E-state index is -0.793. The molecule has 0 spiro atoms. The number of anilines is 1. The van der Waals surface area contributed by atoms with Crippen molar-refractivity contribution >= 4 is 45.5 Å². The highest BCUT2D eigenvalue weighted by atomic mass is 79.9. The zero-order valence-electron chi connectivity index (χ0n) is 18.0. The molecular formula is C26H18BrN3O4. The summed E-state index contributed by atoms with van der Waals surface area (Å²) in [5, 5.41) is 11.4. The van der Waals surface area contributed by atoms with Gasteiger partial charge in [-0.2, -0.15) is 5.26 Å². The van der Waals surface area contributed by atoms with Crippen molar-refractivity contribution < 1.29 is 19.1 Å². The van der Waals surface area contributed by atoms with Crippen molar-refractivity contribution in [3.05, 3.63) is 99.0 Å². The summed E-state index contributed by atoms with van der Waals surface area (Å²) in [5.74, 6) is -0.934. The molecule has 4 amide bonds. The number of nitriles is 1. The number of nitrogens with one attached hydrogen (secondary N) is 1. The molecule has 4 rings (SSSR count). The van der Waals surface area contributed by atoms with Crippen LogP contribution < -0.4 is 15.0 Å². The number of imide groups is 2. The van der Waals surface area contributed by atoms with Crippen LogP contribution in [0.1, 0.15) is 22.3 Å². The molecule has 0 saturated carbocycles. The molecule has 7 nitrogen and oxygen atoms in total. The third kappa shape index (κ3) is 4.75. The van der Waals surface area contributed by atoms with E-state index in [9.17, 15) is 19.6 Å². The number of carbonyl (C=O) groups is 3. The van der Waals surface area contributed by atoms with Crippen LogP contribution in [0.5, 0.6) is 5.75 Å². The van der Waals surface area contributed by atoms with Gasteiger partial charge < -0.3 is 4.74 Å². The fourth-order valence-electron chi connectivity index (χ4n) is 3.39. The van der Waals surface area contributed by atoms with Crippen LogP contribution in [0.4, 0.5) is 10.5 Å². The van der Waals surface area contributed by atoms with Crippen molar-refractivity contribution in [1.82, 2.24) is 5.32 Å². The highest BCUT2D eigenvalue weighted by molar-refractivity contribution is 9.10. The van der Waals surface area contributed by atoms with E-state index in [1.165, 1.54) is 6.08 Å². The first-order valence-corrected chi connectivity index (χ1v) is 11.0. The molecule has 1 N–H and O–H groups in total. The number of barbiturate groups is 1. The van der Waals surface area contributed by atoms with Gasteiger partial charge in [-0.25, -0.2) is 9.69 Å². The lowest BCUT2D eigenvalue weighted by Crippen LogP contribution is -2.54. The van der Waals surface area contributed by atoms with Gasteiger partial charge in [0, 0.05) is 5.56 Å². The summed E-state index contributed by atoms with van der Waals surface area (Å²) in [4.78, 5) is 38.7. The van der Waals surface area contributed by atoms with Gasteiger partial charge >= 0.3 is 6.03 Å². The molecule has 1 aliphatic heterocycles. The number of rotatable bonds is 5. The molecule has 0 radical (unpaired) electrons. The second kappa shape index (κ2) is 9.73. The smallest absolute Gasteiger partial charge is 0.335 e. The number of hydrogen-bond donors (Lipinski definition) is 1. The number of halogens is 1. The van der Waals surface area contributed by atoms with Crippen LogP contribution in [0, 0.1) is 18.3 Å². The number of amides is 4. The summed E-state index contributed by atoms with van der Waals surface area (Å²) in [6.07, 6.45) is 1.42. The number of hydrogen-bond acceptors (Lipinski definition) is 5. The summed E-state index contributed by atoms with van der Waals surface area (Å²) < 4.78 is 6.44. The molecule has 0 bridgehead atoms.